The number of ether oxygens (including phenoxy) is 1. The molecule has 39 heavy (non-hydrogen) atoms. The van der Waals surface area contributed by atoms with Gasteiger partial charge in [-0.2, -0.15) is 13.2 Å². The quantitative estimate of drug-likeness (QED) is 0.309. The van der Waals surface area contributed by atoms with Gasteiger partial charge in [0.2, 0.25) is 0 Å². The summed E-state index contributed by atoms with van der Waals surface area (Å²) < 4.78 is 60.7. The summed E-state index contributed by atoms with van der Waals surface area (Å²) >= 11 is 0. The van der Waals surface area contributed by atoms with Gasteiger partial charge >= 0.3 is 12.2 Å². The zero-order valence-corrected chi connectivity index (χ0v) is 22.1. The third-order valence-corrected chi connectivity index (χ3v) is 7.07. The van der Waals surface area contributed by atoms with Crippen molar-refractivity contribution >= 4 is 23.1 Å². The number of rotatable bonds is 5. The maximum absolute atomic E-state index is 15.0. The Morgan fingerprint density at radius 3 is 2.59 bits per heavy atom. The van der Waals surface area contributed by atoms with Crippen molar-refractivity contribution in [3.05, 3.63) is 59.3 Å². The predicted molar refractivity (Wildman–Crippen MR) is 142 cm³/mol. The van der Waals surface area contributed by atoms with Crippen LogP contribution in [0.2, 0.25) is 0 Å². The van der Waals surface area contributed by atoms with Crippen molar-refractivity contribution in [2.24, 2.45) is 0 Å². The van der Waals surface area contributed by atoms with Crippen LogP contribution in [0.15, 0.2) is 42.2 Å². The first-order valence-electron chi connectivity index (χ1n) is 12.9. The number of aryl methyl sites for hydroxylation is 1. The van der Waals surface area contributed by atoms with Crippen LogP contribution in [0.5, 0.6) is 0 Å². The molecule has 2 aromatic heterocycles. The Bertz CT molecular complexity index is 1420. The number of benzene rings is 1. The fourth-order valence-electron chi connectivity index (χ4n) is 4.99. The summed E-state index contributed by atoms with van der Waals surface area (Å²) in [6.45, 7) is 8.49. The third kappa shape index (κ3) is 5.88. The minimum atomic E-state index is -4.34. The van der Waals surface area contributed by atoms with Gasteiger partial charge in [-0.1, -0.05) is 19.9 Å². The SMILES string of the molecule is Cc1cc(F)c(NC(=O)N2CC=C(CC(F)(F)F)C2)cc1-c1cc(N2CCOCC2)c2nc(C(C)C)cn2c1. The number of nitrogens with zero attached hydrogens (tertiary/aromatic N) is 4. The molecule has 0 radical (unpaired) electrons. The highest BCUT2D eigenvalue weighted by molar-refractivity contribution is 5.91. The molecule has 0 unspecified atom stereocenters. The highest BCUT2D eigenvalue weighted by Gasteiger charge is 2.32. The van der Waals surface area contributed by atoms with Gasteiger partial charge in [0, 0.05) is 44.1 Å². The van der Waals surface area contributed by atoms with Gasteiger partial charge in [-0.25, -0.2) is 14.2 Å². The van der Waals surface area contributed by atoms with Crippen LogP contribution in [0, 0.1) is 12.7 Å². The summed E-state index contributed by atoms with van der Waals surface area (Å²) in [5.74, 6) is -0.386. The molecule has 2 aliphatic rings. The molecule has 7 nitrogen and oxygen atoms in total. The van der Waals surface area contributed by atoms with E-state index in [1.165, 1.54) is 17.0 Å². The Morgan fingerprint density at radius 1 is 1.15 bits per heavy atom. The van der Waals surface area contributed by atoms with E-state index in [0.717, 1.165) is 28.2 Å². The topological polar surface area (TPSA) is 62.1 Å². The number of fused-ring (bicyclic) bond motifs is 1. The van der Waals surface area contributed by atoms with Crippen molar-refractivity contribution in [3.8, 4) is 11.1 Å². The molecule has 0 saturated carbocycles. The lowest BCUT2D eigenvalue weighted by Crippen LogP contribution is -2.36. The molecule has 2 amide bonds. The zero-order chi connectivity index (χ0) is 27.9. The number of pyridine rings is 1. The molecule has 0 aliphatic carbocycles. The Morgan fingerprint density at radius 2 is 1.90 bits per heavy atom. The monoisotopic (exact) mass is 545 g/mol. The number of hydrogen-bond acceptors (Lipinski definition) is 4. The summed E-state index contributed by atoms with van der Waals surface area (Å²) in [6, 6.07) is 4.30. The number of urea groups is 1. The number of anilines is 2. The van der Waals surface area contributed by atoms with Gasteiger partial charge in [-0.05, 0) is 47.7 Å². The van der Waals surface area contributed by atoms with Crippen molar-refractivity contribution in [1.29, 1.82) is 0 Å². The van der Waals surface area contributed by atoms with Gasteiger partial charge in [0.15, 0.2) is 5.65 Å². The minimum Gasteiger partial charge on any atom is -0.378 e. The molecule has 1 saturated heterocycles. The lowest BCUT2D eigenvalue weighted by Gasteiger charge is -2.29. The van der Waals surface area contributed by atoms with E-state index in [9.17, 15) is 22.4 Å². The van der Waals surface area contributed by atoms with Crippen LogP contribution >= 0.6 is 0 Å². The maximum atomic E-state index is 15.0. The molecule has 5 rings (SSSR count). The molecule has 0 atom stereocenters. The van der Waals surface area contributed by atoms with Gasteiger partial charge < -0.3 is 24.3 Å². The number of alkyl halides is 3. The smallest absolute Gasteiger partial charge is 0.378 e. The van der Waals surface area contributed by atoms with Gasteiger partial charge in [-0.15, -0.1) is 0 Å². The minimum absolute atomic E-state index is 0.0357. The van der Waals surface area contributed by atoms with E-state index in [2.05, 4.69) is 24.1 Å². The number of imidazole rings is 1. The van der Waals surface area contributed by atoms with Crippen LogP contribution in [0.1, 0.15) is 37.4 Å². The van der Waals surface area contributed by atoms with Gasteiger partial charge in [0.25, 0.3) is 0 Å². The van der Waals surface area contributed by atoms with E-state index in [0.29, 0.717) is 31.9 Å². The van der Waals surface area contributed by atoms with Gasteiger partial charge in [-0.3, -0.25) is 0 Å². The van der Waals surface area contributed by atoms with Crippen LogP contribution in [0.25, 0.3) is 16.8 Å². The second-order valence-corrected chi connectivity index (χ2v) is 10.4. The summed E-state index contributed by atoms with van der Waals surface area (Å²) in [4.78, 5) is 21.1. The van der Waals surface area contributed by atoms with Gasteiger partial charge in [0.1, 0.15) is 5.82 Å². The van der Waals surface area contributed by atoms with Crippen LogP contribution in [0.3, 0.4) is 0 Å². The summed E-state index contributed by atoms with van der Waals surface area (Å²) in [5, 5.41) is 2.56. The largest absolute Gasteiger partial charge is 0.392 e. The molecular formula is C28H31F4N5O2. The molecule has 11 heteroatoms. The van der Waals surface area contributed by atoms with E-state index < -0.39 is 24.4 Å². The first kappa shape index (κ1) is 27.0. The highest BCUT2D eigenvalue weighted by atomic mass is 19.4. The van der Waals surface area contributed by atoms with E-state index in [-0.39, 0.29) is 30.3 Å². The number of carbonyl (C=O) groups excluding carboxylic acids is 1. The first-order valence-corrected chi connectivity index (χ1v) is 12.9. The number of aromatic nitrogens is 2. The molecular weight excluding hydrogens is 514 g/mol. The molecule has 4 heterocycles. The Balaban J connectivity index is 1.46. The number of amides is 2. The fraction of sp³-hybridized carbons (Fsp3) is 0.429. The number of carbonyl (C=O) groups is 1. The third-order valence-electron chi connectivity index (χ3n) is 7.07. The molecule has 3 aromatic rings. The van der Waals surface area contributed by atoms with Crippen molar-refractivity contribution in [1.82, 2.24) is 14.3 Å². The van der Waals surface area contributed by atoms with E-state index in [1.54, 1.807) is 13.0 Å². The van der Waals surface area contributed by atoms with E-state index >= 15 is 0 Å². The van der Waals surface area contributed by atoms with Crippen molar-refractivity contribution in [3.63, 3.8) is 0 Å². The van der Waals surface area contributed by atoms with Gasteiger partial charge in [0.05, 0.1) is 36.7 Å². The molecule has 1 aromatic carbocycles. The van der Waals surface area contributed by atoms with E-state index in [4.69, 9.17) is 9.72 Å². The fourth-order valence-corrected chi connectivity index (χ4v) is 4.99. The number of hydrogen-bond donors (Lipinski definition) is 1. The lowest BCUT2D eigenvalue weighted by atomic mass is 10.00. The predicted octanol–water partition coefficient (Wildman–Crippen LogP) is 6.14. The second-order valence-electron chi connectivity index (χ2n) is 10.4. The molecule has 1 fully saturated rings. The number of halogens is 4. The maximum Gasteiger partial charge on any atom is 0.392 e. The van der Waals surface area contributed by atoms with Crippen molar-refractivity contribution in [2.75, 3.05) is 49.6 Å². The first-order chi connectivity index (χ1) is 18.5. The van der Waals surface area contributed by atoms with Crippen LogP contribution in [-0.2, 0) is 4.74 Å². The Hall–Kier alpha value is -3.60. The standard InChI is InChI=1S/C28H31F4N5O2/c1-17(2)24-16-37-15-20(11-25(26(37)33-24)35-6-8-39-9-7-35)21-12-23(22(29)10-18(21)3)34-27(38)36-5-4-19(14-36)13-28(30,31)32/h4,10-12,15-17H,5-9,13-14H2,1-3H3,(H,34,38). The number of morpholine rings is 1. The highest BCUT2D eigenvalue weighted by Crippen LogP contribution is 2.35. The summed E-state index contributed by atoms with van der Waals surface area (Å²) in [7, 11) is 0. The molecule has 0 spiro atoms. The van der Waals surface area contributed by atoms with Crippen LogP contribution in [0.4, 0.5) is 33.7 Å². The number of nitrogens with one attached hydrogen (secondary N) is 1. The summed E-state index contributed by atoms with van der Waals surface area (Å²) in [6.07, 6.45) is -0.0855. The summed E-state index contributed by atoms with van der Waals surface area (Å²) in [5.41, 5.74) is 5.03. The van der Waals surface area contributed by atoms with Crippen LogP contribution < -0.4 is 10.2 Å². The Labute approximate surface area is 224 Å². The molecule has 1 N–H and O–H groups in total. The van der Waals surface area contributed by atoms with Crippen LogP contribution in [-0.4, -0.2) is 65.9 Å². The Kier molecular flexibility index (Phi) is 7.28. The second kappa shape index (κ2) is 10.5. The zero-order valence-electron chi connectivity index (χ0n) is 22.1. The average molecular weight is 546 g/mol. The van der Waals surface area contributed by atoms with Crippen molar-refractivity contribution < 1.29 is 27.1 Å². The molecule has 208 valence electrons. The van der Waals surface area contributed by atoms with Crippen molar-refractivity contribution in [2.45, 2.75) is 39.3 Å². The molecule has 2 aliphatic heterocycles. The average Bonchev–Trinajstić information content (AvgIpc) is 3.52. The van der Waals surface area contributed by atoms with E-state index in [1.807, 2.05) is 22.9 Å². The molecule has 0 bridgehead atoms. The normalized spacial score (nSPS) is 16.4. The lowest BCUT2D eigenvalue weighted by molar-refractivity contribution is -0.127.